The van der Waals surface area contributed by atoms with Gasteiger partial charge in [-0.25, -0.2) is 4.98 Å². The normalized spacial score (nSPS) is 17.7. The van der Waals surface area contributed by atoms with E-state index in [0.717, 1.165) is 16.6 Å². The molecule has 0 atom stereocenters. The van der Waals surface area contributed by atoms with Crippen molar-refractivity contribution in [3.63, 3.8) is 0 Å². The molecule has 1 amide bonds. The van der Waals surface area contributed by atoms with Crippen LogP contribution in [0, 0.1) is 5.41 Å². The molecule has 2 heterocycles. The number of nitrogens with zero attached hydrogens (tertiary/aromatic N) is 2. The van der Waals surface area contributed by atoms with Crippen molar-refractivity contribution >= 4 is 28.6 Å². The van der Waals surface area contributed by atoms with Gasteiger partial charge in [0.05, 0.1) is 17.5 Å². The third-order valence-electron chi connectivity index (χ3n) is 4.94. The molecule has 0 aliphatic carbocycles. The van der Waals surface area contributed by atoms with E-state index in [2.05, 4.69) is 10.3 Å². The van der Waals surface area contributed by atoms with Crippen LogP contribution in [0.1, 0.15) is 21.7 Å². The maximum Gasteiger partial charge on any atom is 0.244 e. The van der Waals surface area contributed by atoms with Gasteiger partial charge < -0.3 is 14.6 Å². The molecule has 0 saturated carbocycles. The van der Waals surface area contributed by atoms with E-state index < -0.39 is 0 Å². The second-order valence-electron chi connectivity index (χ2n) is 7.13. The lowest BCUT2D eigenvalue weighted by atomic mass is 10.0. The average molecular weight is 414 g/mol. The first-order chi connectivity index (χ1) is 15.1. The number of ketones is 1. The molecule has 0 saturated heterocycles. The van der Waals surface area contributed by atoms with Crippen LogP contribution in [0.3, 0.4) is 0 Å². The van der Waals surface area contributed by atoms with E-state index >= 15 is 0 Å². The maximum atomic E-state index is 13.0. The molecule has 0 fully saturated rings. The standard InChI is InChI=1S/C24H22N4O3/c25-22-10-11-24(30)26-16-17-6-5-7-18(14-17)21(29)15-23-27-19-8-1-2-9-20(19)28(23)12-3-4-13-31-22/h1-11,14,25H,12-13,15-16H2,(H,26,30)/b4-3-,11-10-,25-22?. The van der Waals surface area contributed by atoms with Crippen molar-refractivity contribution in [2.75, 3.05) is 6.61 Å². The average Bonchev–Trinajstić information content (AvgIpc) is 3.12. The summed E-state index contributed by atoms with van der Waals surface area (Å²) in [4.78, 5) is 29.6. The van der Waals surface area contributed by atoms with Gasteiger partial charge in [0, 0.05) is 30.8 Å². The number of rotatable bonds is 0. The van der Waals surface area contributed by atoms with Gasteiger partial charge in [0.15, 0.2) is 5.78 Å². The second-order valence-corrected chi connectivity index (χ2v) is 7.13. The van der Waals surface area contributed by atoms with Crippen molar-refractivity contribution in [3.05, 3.63) is 89.8 Å². The Morgan fingerprint density at radius 3 is 2.81 bits per heavy atom. The number of benzene rings is 2. The summed E-state index contributed by atoms with van der Waals surface area (Å²) in [5, 5.41) is 10.5. The topological polar surface area (TPSA) is 97.1 Å². The van der Waals surface area contributed by atoms with Crippen molar-refractivity contribution in [1.29, 1.82) is 5.41 Å². The highest BCUT2D eigenvalue weighted by Crippen LogP contribution is 2.18. The summed E-state index contributed by atoms with van der Waals surface area (Å²) in [6, 6.07) is 15.0. The number of amides is 1. The largest absolute Gasteiger partial charge is 0.474 e. The van der Waals surface area contributed by atoms with E-state index in [0.29, 0.717) is 17.9 Å². The van der Waals surface area contributed by atoms with E-state index in [-0.39, 0.29) is 37.2 Å². The molecule has 1 aromatic heterocycles. The molecular formula is C24H22N4O3. The Bertz CT molecular complexity index is 1210. The number of hydrogen-bond donors (Lipinski definition) is 2. The Labute approximate surface area is 179 Å². The van der Waals surface area contributed by atoms with E-state index in [4.69, 9.17) is 10.1 Å². The van der Waals surface area contributed by atoms with Gasteiger partial charge in [-0.3, -0.25) is 15.0 Å². The molecule has 7 heteroatoms. The SMILES string of the molecule is N=C1/C=C\C(=O)NCc2cccc(c2)C(=O)Cc2nc3ccccc3n2C/C=C\CO1. The van der Waals surface area contributed by atoms with Crippen LogP contribution in [0.25, 0.3) is 11.0 Å². The maximum absolute atomic E-state index is 13.0. The van der Waals surface area contributed by atoms with Gasteiger partial charge in [0.2, 0.25) is 11.8 Å². The number of fused-ring (bicyclic) bond motifs is 5. The third-order valence-corrected chi connectivity index (χ3v) is 4.94. The van der Waals surface area contributed by atoms with E-state index in [9.17, 15) is 9.59 Å². The molecule has 4 rings (SSSR count). The van der Waals surface area contributed by atoms with Crippen LogP contribution in [0.5, 0.6) is 0 Å². The molecule has 2 bridgehead atoms. The van der Waals surface area contributed by atoms with Gasteiger partial charge in [-0.05, 0) is 29.8 Å². The first-order valence-corrected chi connectivity index (χ1v) is 9.99. The quantitative estimate of drug-likeness (QED) is 0.552. The van der Waals surface area contributed by atoms with Crippen molar-refractivity contribution in [3.8, 4) is 0 Å². The summed E-state index contributed by atoms with van der Waals surface area (Å²) in [6.07, 6.45) is 6.45. The molecule has 2 aromatic carbocycles. The second kappa shape index (κ2) is 9.21. The van der Waals surface area contributed by atoms with Crippen LogP contribution < -0.4 is 5.32 Å². The number of imidazole rings is 1. The zero-order chi connectivity index (χ0) is 21.6. The van der Waals surface area contributed by atoms with Crippen molar-refractivity contribution in [1.82, 2.24) is 14.9 Å². The summed E-state index contributed by atoms with van der Waals surface area (Å²) >= 11 is 0. The summed E-state index contributed by atoms with van der Waals surface area (Å²) in [5.74, 6) is 0.219. The predicted octanol–water partition coefficient (Wildman–Crippen LogP) is 3.20. The Kier molecular flexibility index (Phi) is 6.03. The summed E-state index contributed by atoms with van der Waals surface area (Å²) < 4.78 is 7.31. The number of hydrogen-bond acceptors (Lipinski definition) is 5. The highest BCUT2D eigenvalue weighted by atomic mass is 16.5. The molecular weight excluding hydrogens is 392 g/mol. The van der Waals surface area contributed by atoms with Crippen LogP contribution in [0.15, 0.2) is 72.8 Å². The molecule has 1 aliphatic rings. The van der Waals surface area contributed by atoms with Crippen molar-refractivity contribution in [2.45, 2.75) is 19.5 Å². The van der Waals surface area contributed by atoms with Crippen molar-refractivity contribution in [2.24, 2.45) is 0 Å². The molecule has 2 N–H and O–H groups in total. The minimum absolute atomic E-state index is 0.0356. The number of carbonyl (C=O) groups is 2. The van der Waals surface area contributed by atoms with Crippen LogP contribution in [-0.4, -0.2) is 33.7 Å². The predicted molar refractivity (Wildman–Crippen MR) is 118 cm³/mol. The highest BCUT2D eigenvalue weighted by Gasteiger charge is 2.15. The molecule has 0 spiro atoms. The fourth-order valence-electron chi connectivity index (χ4n) is 3.40. The van der Waals surface area contributed by atoms with Gasteiger partial charge >= 0.3 is 0 Å². The number of Topliss-reactive ketones (excluding diaryl/α,β-unsaturated/α-hetero) is 1. The first kappa shape index (κ1) is 20.3. The smallest absolute Gasteiger partial charge is 0.244 e. The number of aromatic nitrogens is 2. The zero-order valence-corrected chi connectivity index (χ0v) is 16.9. The zero-order valence-electron chi connectivity index (χ0n) is 16.9. The monoisotopic (exact) mass is 414 g/mol. The van der Waals surface area contributed by atoms with Crippen LogP contribution in [0.4, 0.5) is 0 Å². The Morgan fingerprint density at radius 1 is 1.03 bits per heavy atom. The lowest BCUT2D eigenvalue weighted by molar-refractivity contribution is -0.116. The van der Waals surface area contributed by atoms with Crippen molar-refractivity contribution < 1.29 is 14.3 Å². The fraction of sp³-hybridized carbons (Fsp3) is 0.167. The van der Waals surface area contributed by atoms with Crippen LogP contribution in [-0.2, 0) is 29.0 Å². The Morgan fingerprint density at radius 2 is 1.90 bits per heavy atom. The van der Waals surface area contributed by atoms with Gasteiger partial charge in [0.25, 0.3) is 0 Å². The van der Waals surface area contributed by atoms with Crippen LogP contribution >= 0.6 is 0 Å². The molecule has 1 aliphatic heterocycles. The highest BCUT2D eigenvalue weighted by molar-refractivity contribution is 5.98. The number of allylic oxidation sites excluding steroid dienone is 1. The Hall–Kier alpha value is -4.00. The Balaban J connectivity index is 1.68. The third kappa shape index (κ3) is 4.95. The minimum Gasteiger partial charge on any atom is -0.474 e. The van der Waals surface area contributed by atoms with E-state index in [1.807, 2.05) is 41.0 Å². The van der Waals surface area contributed by atoms with Gasteiger partial charge in [-0.15, -0.1) is 0 Å². The number of nitrogens with one attached hydrogen (secondary N) is 2. The molecule has 3 aromatic rings. The summed E-state index contributed by atoms with van der Waals surface area (Å²) in [5.41, 5.74) is 3.19. The summed E-state index contributed by atoms with van der Waals surface area (Å²) in [7, 11) is 0. The van der Waals surface area contributed by atoms with Gasteiger partial charge in [-0.1, -0.05) is 36.4 Å². The molecule has 7 nitrogen and oxygen atoms in total. The van der Waals surface area contributed by atoms with Gasteiger partial charge in [0.1, 0.15) is 12.4 Å². The lowest BCUT2D eigenvalue weighted by Gasteiger charge is -2.09. The molecule has 31 heavy (non-hydrogen) atoms. The van der Waals surface area contributed by atoms with Crippen LogP contribution in [0.2, 0.25) is 0 Å². The first-order valence-electron chi connectivity index (χ1n) is 9.99. The minimum atomic E-state index is -0.338. The molecule has 0 radical (unpaired) electrons. The molecule has 156 valence electrons. The molecule has 0 unspecified atom stereocenters. The van der Waals surface area contributed by atoms with Gasteiger partial charge in [-0.2, -0.15) is 0 Å². The number of ether oxygens (including phenoxy) is 1. The fourth-order valence-corrected chi connectivity index (χ4v) is 3.40. The van der Waals surface area contributed by atoms with E-state index in [1.165, 1.54) is 12.2 Å². The number of para-hydroxylation sites is 2. The number of carbonyl (C=O) groups excluding carboxylic acids is 2. The van der Waals surface area contributed by atoms with E-state index in [1.54, 1.807) is 24.3 Å². The summed E-state index contributed by atoms with van der Waals surface area (Å²) in [6.45, 7) is 1.01. The lowest BCUT2D eigenvalue weighted by Crippen LogP contribution is -2.21.